The molecule has 0 rings (SSSR count). The van der Waals surface area contributed by atoms with Crippen molar-refractivity contribution in [3.8, 4) is 0 Å². The van der Waals surface area contributed by atoms with Crippen LogP contribution in [0.1, 0.15) is 113 Å². The van der Waals surface area contributed by atoms with Gasteiger partial charge in [-0.25, -0.2) is 0 Å². The third-order valence-corrected chi connectivity index (χ3v) is 3.99. The fourth-order valence-corrected chi connectivity index (χ4v) is 2.65. The van der Waals surface area contributed by atoms with Crippen molar-refractivity contribution in [2.24, 2.45) is 0 Å². The zero-order chi connectivity index (χ0) is 14.9. The van der Waals surface area contributed by atoms with Gasteiger partial charge in [0, 0.05) is 25.9 Å². The molecule has 0 fully saturated rings. The van der Waals surface area contributed by atoms with Gasteiger partial charge in [-0.15, -0.1) is 0 Å². The third-order valence-electron chi connectivity index (χ3n) is 3.99. The Morgan fingerprint density at radius 2 is 0.955 bits per heavy atom. The van der Waals surface area contributed by atoms with Crippen LogP contribution in [0, 0.1) is 0 Å². The summed E-state index contributed by atoms with van der Waals surface area (Å²) in [4.78, 5) is 10.3. The van der Waals surface area contributed by atoms with Gasteiger partial charge in [-0.3, -0.25) is 4.79 Å². The minimum absolute atomic E-state index is 0. The van der Waals surface area contributed by atoms with E-state index in [1.165, 1.54) is 83.5 Å². The predicted octanol–water partition coefficient (Wildman–Crippen LogP) is 6.17. The van der Waals surface area contributed by atoms with Crippen molar-refractivity contribution in [3.05, 3.63) is 0 Å². The van der Waals surface area contributed by atoms with Crippen molar-refractivity contribution in [2.45, 2.75) is 110 Å². The summed E-state index contributed by atoms with van der Waals surface area (Å²) < 4.78 is 0. The van der Waals surface area contributed by atoms with E-state index < -0.39 is 5.97 Å². The van der Waals surface area contributed by atoms with Crippen molar-refractivity contribution in [2.75, 3.05) is 0 Å². The van der Waals surface area contributed by atoms with Crippen molar-refractivity contribution in [1.82, 2.24) is 0 Å². The van der Waals surface area contributed by atoms with E-state index in [-0.39, 0.29) is 71.2 Å². The summed E-state index contributed by atoms with van der Waals surface area (Å²) in [6.07, 6.45) is 20.2. The maximum absolute atomic E-state index is 10.3. The minimum atomic E-state index is -0.653. The van der Waals surface area contributed by atoms with E-state index in [1.807, 2.05) is 0 Å². The van der Waals surface area contributed by atoms with Crippen LogP contribution in [-0.4, -0.2) is 60.0 Å². The summed E-state index contributed by atoms with van der Waals surface area (Å²) in [5.74, 6) is -0.653. The molecular formula is C18H38BaO2Zn. The molecule has 1 N–H and O–H groups in total. The maximum Gasteiger partial charge on any atom is 2.00 e. The number of carboxylic acids is 1. The molecule has 0 aliphatic heterocycles. The molecule has 0 saturated heterocycles. The average Bonchev–Trinajstić information content (AvgIpc) is 2.43. The quantitative estimate of drug-likeness (QED) is 0.208. The molecule has 4 heteroatoms. The molecule has 0 spiro atoms. The molecule has 126 valence electrons. The van der Waals surface area contributed by atoms with E-state index in [0.29, 0.717) is 6.42 Å². The van der Waals surface area contributed by atoms with E-state index in [9.17, 15) is 4.79 Å². The van der Waals surface area contributed by atoms with Crippen LogP contribution in [-0.2, 0) is 24.3 Å². The summed E-state index contributed by atoms with van der Waals surface area (Å²) in [5.41, 5.74) is 0. The van der Waals surface area contributed by atoms with Gasteiger partial charge in [-0.1, -0.05) is 96.8 Å². The number of carboxylic acid groups (broad SMARTS) is 1. The molecular weight excluding hydrogens is 451 g/mol. The second-order valence-corrected chi connectivity index (χ2v) is 6.09. The van der Waals surface area contributed by atoms with Gasteiger partial charge >= 0.3 is 54.9 Å². The van der Waals surface area contributed by atoms with Gasteiger partial charge in [0.1, 0.15) is 0 Å². The van der Waals surface area contributed by atoms with Crippen LogP contribution >= 0.6 is 0 Å². The van der Waals surface area contributed by atoms with E-state index >= 15 is 0 Å². The molecule has 0 aromatic heterocycles. The number of rotatable bonds is 16. The van der Waals surface area contributed by atoms with Crippen LogP contribution < -0.4 is 0 Å². The summed E-state index contributed by atoms with van der Waals surface area (Å²) in [5, 5.41) is 8.52. The molecule has 2 nitrogen and oxygen atoms in total. The molecule has 0 amide bonds. The van der Waals surface area contributed by atoms with Gasteiger partial charge in [-0.2, -0.15) is 0 Å². The fraction of sp³-hybridized carbons (Fsp3) is 0.944. The van der Waals surface area contributed by atoms with E-state index in [1.54, 1.807) is 0 Å². The Morgan fingerprint density at radius 3 is 1.23 bits per heavy atom. The predicted molar refractivity (Wildman–Crippen MR) is 95.2 cm³/mol. The van der Waals surface area contributed by atoms with Crippen molar-refractivity contribution in [3.63, 3.8) is 0 Å². The Balaban J connectivity index is -0.000000301. The standard InChI is InChI=1S/C18H36O2.Ba.Zn.2H/c1-2-3-4-5-6-7-8-9-10-11-12-13-14-15-16-17-18(19)20;;;;/h2-17H2,1H3,(H,19,20);;;;/q;+2;;2*-1. The molecule has 0 unspecified atom stereocenters. The first-order chi connectivity index (χ1) is 9.77. The van der Waals surface area contributed by atoms with Gasteiger partial charge in [0.05, 0.1) is 0 Å². The van der Waals surface area contributed by atoms with Crippen LogP contribution in [0.2, 0.25) is 0 Å². The summed E-state index contributed by atoms with van der Waals surface area (Å²) in [7, 11) is 0. The fourth-order valence-electron chi connectivity index (χ4n) is 2.65. The van der Waals surface area contributed by atoms with Crippen LogP contribution in [0.5, 0.6) is 0 Å². The Bertz CT molecular complexity index is 223. The van der Waals surface area contributed by atoms with Crippen LogP contribution in [0.25, 0.3) is 0 Å². The molecule has 0 atom stereocenters. The van der Waals surface area contributed by atoms with Gasteiger partial charge in [0.25, 0.3) is 0 Å². The normalized spacial score (nSPS) is 9.86. The van der Waals surface area contributed by atoms with Crippen LogP contribution in [0.3, 0.4) is 0 Å². The van der Waals surface area contributed by atoms with Gasteiger partial charge in [0.15, 0.2) is 0 Å². The molecule has 22 heavy (non-hydrogen) atoms. The number of carbonyl (C=O) groups is 1. The molecule has 0 aliphatic carbocycles. The van der Waals surface area contributed by atoms with E-state index in [4.69, 9.17) is 5.11 Å². The van der Waals surface area contributed by atoms with Crippen LogP contribution in [0.15, 0.2) is 0 Å². The topological polar surface area (TPSA) is 37.3 Å². The SMILES string of the molecule is CCCCCCCCCCCCCCCCCC(=O)O.[Ba+2].[H-].[H-].[Zn]. The molecule has 0 heterocycles. The van der Waals surface area contributed by atoms with Crippen molar-refractivity contribution >= 4 is 54.9 Å². The first kappa shape index (κ1) is 28.5. The summed E-state index contributed by atoms with van der Waals surface area (Å²) >= 11 is 0. The molecule has 0 aliphatic rings. The van der Waals surface area contributed by atoms with Crippen molar-refractivity contribution < 1.29 is 32.2 Å². The molecule has 0 radical (unpaired) electrons. The molecule has 0 bridgehead atoms. The minimum Gasteiger partial charge on any atom is -1.00 e. The second-order valence-electron chi connectivity index (χ2n) is 6.09. The smallest absolute Gasteiger partial charge is 1.00 e. The third kappa shape index (κ3) is 26.6. The zero-order valence-electron chi connectivity index (χ0n) is 17.1. The van der Waals surface area contributed by atoms with E-state index in [2.05, 4.69) is 6.92 Å². The van der Waals surface area contributed by atoms with E-state index in [0.717, 1.165) is 12.8 Å². The summed E-state index contributed by atoms with van der Waals surface area (Å²) in [6, 6.07) is 0. The Kier molecular flexibility index (Phi) is 32.2. The second kappa shape index (κ2) is 24.9. The van der Waals surface area contributed by atoms with Gasteiger partial charge in [0.2, 0.25) is 0 Å². The molecule has 0 aromatic rings. The largest absolute Gasteiger partial charge is 2.00 e. The number of hydrogen-bond acceptors (Lipinski definition) is 1. The monoisotopic (exact) mass is 488 g/mol. The zero-order valence-corrected chi connectivity index (χ0v) is 22.5. The van der Waals surface area contributed by atoms with Gasteiger partial charge < -0.3 is 7.96 Å². The Morgan fingerprint density at radius 1 is 0.682 bits per heavy atom. The Labute approximate surface area is 194 Å². The number of unbranched alkanes of at least 4 members (excludes halogenated alkanes) is 14. The first-order valence-corrected chi connectivity index (χ1v) is 8.99. The number of hydrogen-bond donors (Lipinski definition) is 1. The first-order valence-electron chi connectivity index (χ1n) is 8.99. The van der Waals surface area contributed by atoms with Gasteiger partial charge in [-0.05, 0) is 6.42 Å². The maximum atomic E-state index is 10.3. The van der Waals surface area contributed by atoms with Crippen LogP contribution in [0.4, 0.5) is 0 Å². The average molecular weight is 489 g/mol. The Hall–Kier alpha value is 1.66. The molecule has 0 saturated carbocycles. The van der Waals surface area contributed by atoms with Crippen molar-refractivity contribution in [1.29, 1.82) is 0 Å². The number of aliphatic carboxylic acids is 1. The molecule has 0 aromatic carbocycles. The summed E-state index contributed by atoms with van der Waals surface area (Å²) in [6.45, 7) is 2.27.